The first kappa shape index (κ1) is 31.2. The number of hydrazine groups is 1. The Bertz CT molecular complexity index is 1410. The number of amides is 1. The second-order valence-electron chi connectivity index (χ2n) is 9.52. The number of halogens is 3. The normalized spacial score (nSPS) is 11.8. The number of nitrogens with one attached hydrogen (secondary N) is 3. The summed E-state index contributed by atoms with van der Waals surface area (Å²) in [4.78, 5) is 17.4. The SMILES string of the molecule is CN/C(=C\N(N)c1cc(C(=O)Nc2cc(CNC(C)C)c(OC)c(C(F)(F)F)c2)ccc1C)c1cncc(OC)c1. The lowest BCUT2D eigenvalue weighted by atomic mass is 10.0. The van der Waals surface area contributed by atoms with Crippen LogP contribution in [0.3, 0.4) is 0 Å². The molecule has 5 N–H and O–H groups in total. The maximum absolute atomic E-state index is 13.9. The molecule has 41 heavy (non-hydrogen) atoms. The van der Waals surface area contributed by atoms with E-state index in [4.69, 9.17) is 15.3 Å². The van der Waals surface area contributed by atoms with E-state index in [2.05, 4.69) is 20.9 Å². The molecule has 3 rings (SSSR count). The van der Waals surface area contributed by atoms with Crippen molar-refractivity contribution in [3.8, 4) is 11.5 Å². The van der Waals surface area contributed by atoms with E-state index in [9.17, 15) is 18.0 Å². The first-order chi connectivity index (χ1) is 19.4. The maximum atomic E-state index is 13.9. The molecule has 9 nitrogen and oxygen atoms in total. The van der Waals surface area contributed by atoms with Crippen LogP contribution in [0.5, 0.6) is 11.5 Å². The monoisotopic (exact) mass is 572 g/mol. The third-order valence-electron chi connectivity index (χ3n) is 6.18. The van der Waals surface area contributed by atoms with E-state index < -0.39 is 17.6 Å². The number of hydrogen-bond acceptors (Lipinski definition) is 8. The van der Waals surface area contributed by atoms with Crippen molar-refractivity contribution in [3.63, 3.8) is 0 Å². The van der Waals surface area contributed by atoms with Crippen LogP contribution in [-0.4, -0.2) is 38.2 Å². The average molecular weight is 573 g/mol. The van der Waals surface area contributed by atoms with E-state index in [1.165, 1.54) is 25.3 Å². The van der Waals surface area contributed by atoms with Crippen molar-refractivity contribution in [2.45, 2.75) is 39.5 Å². The molecule has 0 fully saturated rings. The van der Waals surface area contributed by atoms with Gasteiger partial charge in [0.15, 0.2) is 0 Å². The molecule has 1 heterocycles. The second kappa shape index (κ2) is 13.4. The Kier molecular flexibility index (Phi) is 10.2. The summed E-state index contributed by atoms with van der Waals surface area (Å²) >= 11 is 0. The molecular formula is C29H35F3N6O3. The van der Waals surface area contributed by atoms with Crippen molar-refractivity contribution in [1.29, 1.82) is 0 Å². The predicted molar refractivity (Wildman–Crippen MR) is 154 cm³/mol. The number of carbonyl (C=O) groups excluding carboxylic acids is 1. The number of benzene rings is 2. The molecule has 12 heteroatoms. The fourth-order valence-electron chi connectivity index (χ4n) is 4.06. The molecule has 0 atom stereocenters. The van der Waals surface area contributed by atoms with Gasteiger partial charge in [0.1, 0.15) is 11.5 Å². The van der Waals surface area contributed by atoms with E-state index in [0.717, 1.165) is 17.2 Å². The van der Waals surface area contributed by atoms with Gasteiger partial charge in [0.05, 0.1) is 37.4 Å². The molecule has 1 aromatic heterocycles. The van der Waals surface area contributed by atoms with Crippen molar-refractivity contribution in [2.75, 3.05) is 31.6 Å². The maximum Gasteiger partial charge on any atom is 0.420 e. The van der Waals surface area contributed by atoms with E-state index >= 15 is 0 Å². The highest BCUT2D eigenvalue weighted by molar-refractivity contribution is 6.05. The number of pyridine rings is 1. The van der Waals surface area contributed by atoms with Crippen LogP contribution < -0.4 is 36.3 Å². The fourth-order valence-corrected chi connectivity index (χ4v) is 4.06. The number of methoxy groups -OCH3 is 2. The lowest BCUT2D eigenvalue weighted by molar-refractivity contribution is -0.138. The zero-order valence-electron chi connectivity index (χ0n) is 23.8. The molecule has 0 saturated carbocycles. The molecule has 2 aromatic carbocycles. The van der Waals surface area contributed by atoms with E-state index in [1.807, 2.05) is 20.8 Å². The van der Waals surface area contributed by atoms with Gasteiger partial charge in [0.25, 0.3) is 5.91 Å². The highest BCUT2D eigenvalue weighted by atomic mass is 19.4. The Hall–Kier alpha value is -4.29. The summed E-state index contributed by atoms with van der Waals surface area (Å²) in [5.41, 5.74) is 2.10. The van der Waals surface area contributed by atoms with Crippen molar-refractivity contribution in [1.82, 2.24) is 15.6 Å². The minimum absolute atomic E-state index is 0.0155. The number of rotatable bonds is 11. The molecule has 1 amide bonds. The third-order valence-corrected chi connectivity index (χ3v) is 6.18. The van der Waals surface area contributed by atoms with Crippen molar-refractivity contribution in [3.05, 3.63) is 82.8 Å². The molecule has 3 aromatic rings. The number of nitrogens with two attached hydrogens (primary N) is 1. The van der Waals surface area contributed by atoms with Crippen LogP contribution in [0.4, 0.5) is 24.5 Å². The van der Waals surface area contributed by atoms with Gasteiger partial charge in [-0.2, -0.15) is 13.2 Å². The molecule has 0 bridgehead atoms. The molecule has 0 unspecified atom stereocenters. The number of carbonyl (C=O) groups is 1. The lowest BCUT2D eigenvalue weighted by Crippen LogP contribution is -2.27. The highest BCUT2D eigenvalue weighted by Crippen LogP contribution is 2.40. The molecule has 0 saturated heterocycles. The van der Waals surface area contributed by atoms with Crippen LogP contribution in [0, 0.1) is 6.92 Å². The first-order valence-corrected chi connectivity index (χ1v) is 12.7. The van der Waals surface area contributed by atoms with Gasteiger partial charge in [-0.25, -0.2) is 5.84 Å². The smallest absolute Gasteiger partial charge is 0.420 e. The highest BCUT2D eigenvalue weighted by Gasteiger charge is 2.36. The number of hydrogen-bond donors (Lipinski definition) is 4. The lowest BCUT2D eigenvalue weighted by Gasteiger charge is -2.21. The average Bonchev–Trinajstić information content (AvgIpc) is 2.94. The predicted octanol–water partition coefficient (Wildman–Crippen LogP) is 5.07. The van der Waals surface area contributed by atoms with E-state index in [1.54, 1.807) is 49.9 Å². The van der Waals surface area contributed by atoms with Gasteiger partial charge in [-0.15, -0.1) is 0 Å². The van der Waals surface area contributed by atoms with Crippen molar-refractivity contribution < 1.29 is 27.4 Å². The first-order valence-electron chi connectivity index (χ1n) is 12.7. The summed E-state index contributed by atoms with van der Waals surface area (Å²) in [7, 11) is 4.45. The van der Waals surface area contributed by atoms with Crippen LogP contribution in [-0.2, 0) is 12.7 Å². The summed E-state index contributed by atoms with van der Waals surface area (Å²) in [6.07, 6.45) is 0.164. The van der Waals surface area contributed by atoms with Gasteiger partial charge in [0.2, 0.25) is 0 Å². The van der Waals surface area contributed by atoms with Crippen LogP contribution >= 0.6 is 0 Å². The number of aromatic nitrogens is 1. The molecular weight excluding hydrogens is 537 g/mol. The Morgan fingerprint density at radius 3 is 2.44 bits per heavy atom. The molecule has 220 valence electrons. The quantitative estimate of drug-likeness (QED) is 0.186. The summed E-state index contributed by atoms with van der Waals surface area (Å²) in [5.74, 6) is 6.04. The Balaban J connectivity index is 1.94. The zero-order chi connectivity index (χ0) is 30.3. The summed E-state index contributed by atoms with van der Waals surface area (Å²) in [6.45, 7) is 5.69. The van der Waals surface area contributed by atoms with Crippen LogP contribution in [0.25, 0.3) is 5.70 Å². The summed E-state index contributed by atoms with van der Waals surface area (Å²) in [6, 6.07) is 8.99. The Labute approximate surface area is 237 Å². The Morgan fingerprint density at radius 2 is 1.83 bits per heavy atom. The van der Waals surface area contributed by atoms with Gasteiger partial charge >= 0.3 is 6.18 Å². The molecule has 0 radical (unpaired) electrons. The van der Waals surface area contributed by atoms with Crippen molar-refractivity contribution in [2.24, 2.45) is 5.84 Å². The summed E-state index contributed by atoms with van der Waals surface area (Å²) in [5, 5.41) is 10.1. The molecule has 0 aliphatic heterocycles. The van der Waals surface area contributed by atoms with E-state index in [0.29, 0.717) is 17.1 Å². The number of alkyl halides is 3. The molecule has 0 aliphatic carbocycles. The number of ether oxygens (including phenoxy) is 2. The van der Waals surface area contributed by atoms with Gasteiger partial charge in [0, 0.05) is 54.4 Å². The minimum Gasteiger partial charge on any atom is -0.496 e. The standard InChI is InChI=1S/C29H35F3N6O3/c1-17(2)36-14-21-9-22(12-24(27(21)41-6)29(30,31)32)37-28(39)19-8-7-18(3)26(11-19)38(33)16-25(34-4)20-10-23(40-5)15-35-13-20/h7-13,15-17,34,36H,14,33H2,1-6H3,(H,37,39)/b25-16-. The van der Waals surface area contributed by atoms with Gasteiger partial charge in [-0.3, -0.25) is 14.8 Å². The van der Waals surface area contributed by atoms with Gasteiger partial charge in [-0.1, -0.05) is 19.9 Å². The molecule has 0 aliphatic rings. The van der Waals surface area contributed by atoms with Gasteiger partial charge in [-0.05, 0) is 42.8 Å². The molecule has 0 spiro atoms. The largest absolute Gasteiger partial charge is 0.496 e. The van der Waals surface area contributed by atoms with Crippen LogP contribution in [0.1, 0.15) is 46.5 Å². The van der Waals surface area contributed by atoms with E-state index in [-0.39, 0.29) is 35.2 Å². The topological polar surface area (TPSA) is 114 Å². The third kappa shape index (κ3) is 7.89. The van der Waals surface area contributed by atoms with Crippen LogP contribution in [0.2, 0.25) is 0 Å². The number of anilines is 2. The summed E-state index contributed by atoms with van der Waals surface area (Å²) < 4.78 is 52.0. The zero-order valence-corrected chi connectivity index (χ0v) is 23.8. The number of nitrogens with zero attached hydrogens (tertiary/aromatic N) is 2. The second-order valence-corrected chi connectivity index (χ2v) is 9.52. The Morgan fingerprint density at radius 1 is 1.10 bits per heavy atom. The van der Waals surface area contributed by atoms with Gasteiger partial charge < -0.3 is 25.4 Å². The minimum atomic E-state index is -4.69. The van der Waals surface area contributed by atoms with Crippen LogP contribution in [0.15, 0.2) is 55.0 Å². The number of aryl methyl sites for hydroxylation is 1. The fraction of sp³-hybridized carbons (Fsp3) is 0.310. The van der Waals surface area contributed by atoms with Crippen molar-refractivity contribution >= 4 is 23.0 Å².